The monoisotopic (exact) mass is 280 g/mol. The van der Waals surface area contributed by atoms with Gasteiger partial charge in [-0.05, 0) is 11.8 Å². The van der Waals surface area contributed by atoms with Crippen LogP contribution < -0.4 is 5.32 Å². The lowest BCUT2D eigenvalue weighted by atomic mass is 10.0. The van der Waals surface area contributed by atoms with Crippen LogP contribution in [-0.2, 0) is 11.8 Å². The number of urea groups is 1. The molecule has 3 atom stereocenters. The number of carbonyl (C=O) groups excluding carboxylic acids is 1. The average molecular weight is 280 g/mol. The van der Waals surface area contributed by atoms with Crippen molar-refractivity contribution in [2.24, 2.45) is 18.9 Å². The van der Waals surface area contributed by atoms with Crippen LogP contribution in [0, 0.1) is 11.8 Å². The van der Waals surface area contributed by atoms with Gasteiger partial charge in [0.15, 0.2) is 6.04 Å². The van der Waals surface area contributed by atoms with E-state index in [0.717, 1.165) is 0 Å². The lowest BCUT2D eigenvalue weighted by Crippen LogP contribution is -2.42. The first kappa shape index (κ1) is 14.4. The first-order chi connectivity index (χ1) is 9.38. The summed E-state index contributed by atoms with van der Waals surface area (Å²) in [4.78, 5) is 25.1. The third-order valence-corrected chi connectivity index (χ3v) is 3.85. The lowest BCUT2D eigenvalue weighted by Gasteiger charge is -2.20. The SMILES string of the molecule is CC1CN(C(=O)NC(C(=O)O)c2cnn(C)c2)CC1C. The van der Waals surface area contributed by atoms with E-state index in [-0.39, 0.29) is 6.03 Å². The van der Waals surface area contributed by atoms with E-state index < -0.39 is 12.0 Å². The van der Waals surface area contributed by atoms with Crippen molar-refractivity contribution in [1.29, 1.82) is 0 Å². The first-order valence-electron chi connectivity index (χ1n) is 6.65. The minimum atomic E-state index is -1.09. The Morgan fingerprint density at radius 2 is 2.00 bits per heavy atom. The van der Waals surface area contributed by atoms with Gasteiger partial charge in [0.2, 0.25) is 0 Å². The molecule has 0 aliphatic carbocycles. The molecule has 2 N–H and O–H groups in total. The van der Waals surface area contributed by atoms with E-state index in [1.54, 1.807) is 18.1 Å². The van der Waals surface area contributed by atoms with E-state index in [1.165, 1.54) is 10.9 Å². The Morgan fingerprint density at radius 1 is 1.40 bits per heavy atom. The predicted molar refractivity (Wildman–Crippen MR) is 72.0 cm³/mol. The van der Waals surface area contributed by atoms with Gasteiger partial charge in [-0.2, -0.15) is 5.10 Å². The van der Waals surface area contributed by atoms with Crippen molar-refractivity contribution in [3.8, 4) is 0 Å². The number of likely N-dealkylation sites (tertiary alicyclic amines) is 1. The number of hydrogen-bond acceptors (Lipinski definition) is 3. The summed E-state index contributed by atoms with van der Waals surface area (Å²) >= 11 is 0. The summed E-state index contributed by atoms with van der Waals surface area (Å²) in [7, 11) is 1.70. The fraction of sp³-hybridized carbons (Fsp3) is 0.615. The number of rotatable bonds is 3. The van der Waals surface area contributed by atoms with Crippen molar-refractivity contribution < 1.29 is 14.7 Å². The minimum absolute atomic E-state index is 0.336. The van der Waals surface area contributed by atoms with Crippen LogP contribution in [0.3, 0.4) is 0 Å². The molecule has 7 heteroatoms. The molecular weight excluding hydrogens is 260 g/mol. The highest BCUT2D eigenvalue weighted by molar-refractivity contribution is 5.83. The minimum Gasteiger partial charge on any atom is -0.479 e. The number of aromatic nitrogens is 2. The highest BCUT2D eigenvalue weighted by atomic mass is 16.4. The number of hydrogen-bond donors (Lipinski definition) is 2. The zero-order valence-electron chi connectivity index (χ0n) is 11.9. The number of aliphatic carboxylic acids is 1. The summed E-state index contributed by atoms with van der Waals surface area (Å²) in [5.41, 5.74) is 0.466. The molecule has 2 heterocycles. The van der Waals surface area contributed by atoms with E-state index in [0.29, 0.717) is 30.5 Å². The van der Waals surface area contributed by atoms with Gasteiger partial charge in [-0.25, -0.2) is 9.59 Å². The summed E-state index contributed by atoms with van der Waals surface area (Å²) < 4.78 is 1.51. The van der Waals surface area contributed by atoms with Gasteiger partial charge in [-0.15, -0.1) is 0 Å². The molecule has 7 nitrogen and oxygen atoms in total. The van der Waals surface area contributed by atoms with Gasteiger partial charge < -0.3 is 15.3 Å². The Hall–Kier alpha value is -2.05. The fourth-order valence-corrected chi connectivity index (χ4v) is 2.39. The maximum Gasteiger partial charge on any atom is 0.331 e. The van der Waals surface area contributed by atoms with Gasteiger partial charge in [0.1, 0.15) is 0 Å². The van der Waals surface area contributed by atoms with Crippen molar-refractivity contribution >= 4 is 12.0 Å². The summed E-state index contributed by atoms with van der Waals surface area (Å²) in [5, 5.41) is 15.8. The second kappa shape index (κ2) is 5.52. The van der Waals surface area contributed by atoms with Crippen molar-refractivity contribution in [3.63, 3.8) is 0 Å². The van der Waals surface area contributed by atoms with Crippen LogP contribution in [0.2, 0.25) is 0 Å². The standard InChI is InChI=1S/C13H20N4O3/c1-8-5-17(6-9(8)2)13(20)15-11(12(18)19)10-4-14-16(3)7-10/h4,7-9,11H,5-6H2,1-3H3,(H,15,20)(H,18,19). The molecule has 2 rings (SSSR count). The predicted octanol–water partition coefficient (Wildman–Crippen LogP) is 0.843. The summed E-state index contributed by atoms with van der Waals surface area (Å²) in [6.45, 7) is 5.50. The van der Waals surface area contributed by atoms with E-state index in [9.17, 15) is 14.7 Å². The molecule has 0 radical (unpaired) electrons. The van der Waals surface area contributed by atoms with Crippen molar-refractivity contribution in [2.45, 2.75) is 19.9 Å². The van der Waals surface area contributed by atoms with Crippen molar-refractivity contribution in [1.82, 2.24) is 20.0 Å². The molecule has 110 valence electrons. The van der Waals surface area contributed by atoms with Gasteiger partial charge in [0.25, 0.3) is 0 Å². The molecule has 0 saturated carbocycles. The number of carboxylic acid groups (broad SMARTS) is 1. The topological polar surface area (TPSA) is 87.5 Å². The van der Waals surface area contributed by atoms with Gasteiger partial charge in [-0.3, -0.25) is 4.68 Å². The first-order valence-corrected chi connectivity index (χ1v) is 6.65. The Kier molecular flexibility index (Phi) is 3.96. The molecular formula is C13H20N4O3. The normalized spacial score (nSPS) is 23.6. The highest BCUT2D eigenvalue weighted by Gasteiger charge is 2.32. The highest BCUT2D eigenvalue weighted by Crippen LogP contribution is 2.22. The Labute approximate surface area is 117 Å². The lowest BCUT2D eigenvalue weighted by molar-refractivity contribution is -0.139. The molecule has 20 heavy (non-hydrogen) atoms. The molecule has 0 spiro atoms. The van der Waals surface area contributed by atoms with Crippen LogP contribution in [0.1, 0.15) is 25.5 Å². The zero-order chi connectivity index (χ0) is 14.9. The molecule has 0 aromatic carbocycles. The number of carbonyl (C=O) groups is 2. The fourth-order valence-electron chi connectivity index (χ4n) is 2.39. The molecule has 3 unspecified atom stereocenters. The largest absolute Gasteiger partial charge is 0.479 e. The molecule has 1 fully saturated rings. The zero-order valence-corrected chi connectivity index (χ0v) is 11.9. The summed E-state index contributed by atoms with van der Waals surface area (Å²) in [6.07, 6.45) is 3.04. The second-order valence-corrected chi connectivity index (χ2v) is 5.53. The smallest absolute Gasteiger partial charge is 0.331 e. The summed E-state index contributed by atoms with van der Waals surface area (Å²) in [6, 6.07) is -1.40. The van der Waals surface area contributed by atoms with Crippen LogP contribution in [0.5, 0.6) is 0 Å². The third kappa shape index (κ3) is 2.92. The Morgan fingerprint density at radius 3 is 2.45 bits per heavy atom. The van der Waals surface area contributed by atoms with Crippen LogP contribution in [0.25, 0.3) is 0 Å². The van der Waals surface area contributed by atoms with Gasteiger partial charge in [0.05, 0.1) is 6.20 Å². The number of aryl methyl sites for hydroxylation is 1. The maximum absolute atomic E-state index is 12.2. The summed E-state index contributed by atoms with van der Waals surface area (Å²) in [5.74, 6) is -0.225. The molecule has 0 bridgehead atoms. The molecule has 1 aliphatic heterocycles. The van der Waals surface area contributed by atoms with Crippen molar-refractivity contribution in [3.05, 3.63) is 18.0 Å². The molecule has 1 aliphatic rings. The maximum atomic E-state index is 12.2. The van der Waals surface area contributed by atoms with Crippen LogP contribution >= 0.6 is 0 Å². The van der Waals surface area contributed by atoms with Crippen LogP contribution in [0.15, 0.2) is 12.4 Å². The molecule has 1 aromatic heterocycles. The number of carboxylic acids is 1. The quantitative estimate of drug-likeness (QED) is 0.859. The third-order valence-electron chi connectivity index (χ3n) is 3.85. The number of nitrogens with zero attached hydrogens (tertiary/aromatic N) is 3. The van der Waals surface area contributed by atoms with Crippen LogP contribution in [0.4, 0.5) is 4.79 Å². The molecule has 1 aromatic rings. The number of amides is 2. The van der Waals surface area contributed by atoms with E-state index in [2.05, 4.69) is 24.3 Å². The van der Waals surface area contributed by atoms with Gasteiger partial charge in [-0.1, -0.05) is 13.8 Å². The van der Waals surface area contributed by atoms with Gasteiger partial charge >= 0.3 is 12.0 Å². The Bertz CT molecular complexity index is 503. The molecule has 2 amide bonds. The Balaban J connectivity index is 2.06. The van der Waals surface area contributed by atoms with E-state index in [4.69, 9.17) is 0 Å². The second-order valence-electron chi connectivity index (χ2n) is 5.53. The van der Waals surface area contributed by atoms with Crippen molar-refractivity contribution in [2.75, 3.05) is 13.1 Å². The van der Waals surface area contributed by atoms with Crippen LogP contribution in [-0.4, -0.2) is 44.9 Å². The average Bonchev–Trinajstić information content (AvgIpc) is 2.93. The van der Waals surface area contributed by atoms with Gasteiger partial charge in [0, 0.05) is 31.9 Å². The number of nitrogens with one attached hydrogen (secondary N) is 1. The molecule has 1 saturated heterocycles. The van der Waals surface area contributed by atoms with E-state index in [1.807, 2.05) is 0 Å². The van der Waals surface area contributed by atoms with E-state index >= 15 is 0 Å².